The molecule has 5 nitrogen and oxygen atoms in total. The fraction of sp³-hybridized carbons (Fsp3) is 0. The van der Waals surface area contributed by atoms with Crippen molar-refractivity contribution in [2.75, 3.05) is 0 Å². The van der Waals surface area contributed by atoms with Crippen LogP contribution in [0.5, 0.6) is 0 Å². The van der Waals surface area contributed by atoms with E-state index in [1.54, 1.807) is 29.7 Å². The Morgan fingerprint density at radius 3 is 2.65 bits per heavy atom. The van der Waals surface area contributed by atoms with E-state index in [0.29, 0.717) is 5.69 Å². The monoisotopic (exact) mass is 279 g/mol. The van der Waals surface area contributed by atoms with Gasteiger partial charge in [-0.15, -0.1) is 0 Å². The number of nitrogens with zero attached hydrogens (tertiary/aromatic N) is 5. The Bertz CT molecular complexity index is 780. The van der Waals surface area contributed by atoms with Crippen LogP contribution in [0.15, 0.2) is 58.6 Å². The van der Waals surface area contributed by atoms with Gasteiger partial charge in [0.2, 0.25) is 5.13 Å². The second kappa shape index (κ2) is 5.52. The minimum absolute atomic E-state index is 0.588. The maximum Gasteiger partial charge on any atom is 0.210 e. The maximum absolute atomic E-state index is 8.34. The summed E-state index contributed by atoms with van der Waals surface area (Å²) in [4.78, 5) is 11.5. The normalized spacial score (nSPS) is 10.8. The maximum atomic E-state index is 8.34. The zero-order chi connectivity index (χ0) is 13.8. The predicted molar refractivity (Wildman–Crippen MR) is 82.1 cm³/mol. The van der Waals surface area contributed by atoms with Crippen LogP contribution in [0, 0.1) is 0 Å². The molecule has 20 heavy (non-hydrogen) atoms. The molecule has 1 heterocycles. The van der Waals surface area contributed by atoms with Gasteiger partial charge in [-0.05, 0) is 23.2 Å². The summed E-state index contributed by atoms with van der Waals surface area (Å²) in [5.74, 6) is 0. The van der Waals surface area contributed by atoms with Crippen LogP contribution in [-0.4, -0.2) is 11.2 Å². The minimum Gasteiger partial charge on any atom is -0.227 e. The van der Waals surface area contributed by atoms with Crippen LogP contribution in [-0.2, 0) is 0 Å². The average Bonchev–Trinajstić information content (AvgIpc) is 2.90. The molecule has 6 heteroatoms. The molecule has 2 aromatic carbocycles. The molecular formula is C14H9N5S. The summed E-state index contributed by atoms with van der Waals surface area (Å²) in [5, 5.41) is 4.25. The van der Waals surface area contributed by atoms with Gasteiger partial charge in [-0.2, -0.15) is 0 Å². The summed E-state index contributed by atoms with van der Waals surface area (Å²) in [7, 11) is 0. The highest BCUT2D eigenvalue weighted by molar-refractivity contribution is 7.22. The van der Waals surface area contributed by atoms with E-state index in [0.717, 1.165) is 20.9 Å². The van der Waals surface area contributed by atoms with Crippen molar-refractivity contribution in [2.24, 2.45) is 10.1 Å². The van der Waals surface area contributed by atoms with Crippen molar-refractivity contribution in [3.8, 4) is 0 Å². The van der Waals surface area contributed by atoms with Crippen LogP contribution < -0.4 is 0 Å². The van der Waals surface area contributed by atoms with E-state index in [9.17, 15) is 0 Å². The standard InChI is InChI=1S/C14H9N5S/c15-19-18-11-7-5-10(6-8-11)9-16-14-17-12-3-1-2-4-13(12)20-14/h1-9H. The zero-order valence-corrected chi connectivity index (χ0v) is 11.2. The van der Waals surface area contributed by atoms with Crippen molar-refractivity contribution in [3.63, 3.8) is 0 Å². The second-order valence-electron chi connectivity index (χ2n) is 4.00. The van der Waals surface area contributed by atoms with Gasteiger partial charge in [-0.25, -0.2) is 9.98 Å². The molecule has 0 saturated carbocycles. The second-order valence-corrected chi connectivity index (χ2v) is 5.01. The highest BCUT2D eigenvalue weighted by atomic mass is 32.1. The van der Waals surface area contributed by atoms with Gasteiger partial charge in [0.25, 0.3) is 0 Å². The van der Waals surface area contributed by atoms with Crippen LogP contribution in [0.4, 0.5) is 10.8 Å². The molecule has 0 fully saturated rings. The number of benzene rings is 2. The van der Waals surface area contributed by atoms with Crippen LogP contribution in [0.2, 0.25) is 0 Å². The fourth-order valence-corrected chi connectivity index (χ4v) is 2.53. The molecule has 0 aliphatic carbocycles. The Labute approximate surface area is 118 Å². The predicted octanol–water partition coefficient (Wildman–Crippen LogP) is 4.99. The fourth-order valence-electron chi connectivity index (χ4n) is 1.72. The van der Waals surface area contributed by atoms with Crippen molar-refractivity contribution in [3.05, 3.63) is 64.5 Å². The lowest BCUT2D eigenvalue weighted by atomic mass is 10.2. The van der Waals surface area contributed by atoms with E-state index in [2.05, 4.69) is 20.0 Å². The highest BCUT2D eigenvalue weighted by Crippen LogP contribution is 2.27. The lowest BCUT2D eigenvalue weighted by Crippen LogP contribution is -1.78. The third-order valence-corrected chi connectivity index (χ3v) is 3.60. The molecule has 1 aromatic heterocycles. The Morgan fingerprint density at radius 2 is 1.90 bits per heavy atom. The zero-order valence-electron chi connectivity index (χ0n) is 10.3. The summed E-state index contributed by atoms with van der Waals surface area (Å²) in [6.45, 7) is 0. The van der Waals surface area contributed by atoms with Crippen molar-refractivity contribution < 1.29 is 0 Å². The van der Waals surface area contributed by atoms with Gasteiger partial charge >= 0.3 is 0 Å². The van der Waals surface area contributed by atoms with Gasteiger partial charge in [-0.1, -0.05) is 52.8 Å². The molecule has 96 valence electrons. The summed E-state index contributed by atoms with van der Waals surface area (Å²) in [6.07, 6.45) is 1.75. The first-order valence-corrected chi connectivity index (χ1v) is 6.71. The molecule has 0 bridgehead atoms. The van der Waals surface area contributed by atoms with Gasteiger partial charge in [0.15, 0.2) is 0 Å². The third-order valence-electron chi connectivity index (χ3n) is 2.66. The number of hydrogen-bond donors (Lipinski definition) is 0. The molecule has 0 saturated heterocycles. The van der Waals surface area contributed by atoms with E-state index in [-0.39, 0.29) is 0 Å². The van der Waals surface area contributed by atoms with E-state index in [1.807, 2.05) is 36.4 Å². The first-order valence-electron chi connectivity index (χ1n) is 5.90. The van der Waals surface area contributed by atoms with Crippen LogP contribution in [0.1, 0.15) is 5.56 Å². The van der Waals surface area contributed by atoms with Crippen LogP contribution >= 0.6 is 11.3 Å². The number of fused-ring (bicyclic) bond motifs is 1. The molecule has 0 spiro atoms. The SMILES string of the molecule is [N-]=[N+]=Nc1ccc(C=Nc2nc3ccccc3s2)cc1. The molecule has 0 unspecified atom stereocenters. The van der Waals surface area contributed by atoms with Gasteiger partial charge in [0.05, 0.1) is 10.2 Å². The molecule has 0 atom stereocenters. The Balaban J connectivity index is 1.84. The Kier molecular flexibility index (Phi) is 3.41. The first kappa shape index (κ1) is 12.3. The van der Waals surface area contributed by atoms with Crippen molar-refractivity contribution in [1.82, 2.24) is 4.98 Å². The van der Waals surface area contributed by atoms with Crippen LogP contribution in [0.3, 0.4) is 0 Å². The lowest BCUT2D eigenvalue weighted by Gasteiger charge is -1.92. The molecule has 0 aliphatic rings. The number of para-hydroxylation sites is 1. The lowest BCUT2D eigenvalue weighted by molar-refractivity contribution is 1.41. The third kappa shape index (κ3) is 2.66. The quantitative estimate of drug-likeness (QED) is 0.288. The summed E-state index contributed by atoms with van der Waals surface area (Å²) in [6, 6.07) is 15.1. The van der Waals surface area contributed by atoms with Crippen molar-refractivity contribution in [2.45, 2.75) is 0 Å². The molecule has 3 aromatic rings. The number of hydrogen-bond acceptors (Lipinski definition) is 4. The van der Waals surface area contributed by atoms with E-state index >= 15 is 0 Å². The molecule has 0 N–H and O–H groups in total. The highest BCUT2D eigenvalue weighted by Gasteiger charge is 2.00. The first-order chi connectivity index (χ1) is 9.85. The summed E-state index contributed by atoms with van der Waals surface area (Å²) < 4.78 is 1.12. The molecule has 0 amide bonds. The smallest absolute Gasteiger partial charge is 0.210 e. The molecule has 0 aliphatic heterocycles. The van der Waals surface area contributed by atoms with Crippen LogP contribution in [0.25, 0.3) is 20.7 Å². The van der Waals surface area contributed by atoms with E-state index in [1.165, 1.54) is 0 Å². The number of thiazole rings is 1. The number of aromatic nitrogens is 1. The largest absolute Gasteiger partial charge is 0.227 e. The Morgan fingerprint density at radius 1 is 1.10 bits per heavy atom. The molecule has 3 rings (SSSR count). The van der Waals surface area contributed by atoms with Gasteiger partial charge in [0, 0.05) is 16.8 Å². The van der Waals surface area contributed by atoms with Gasteiger partial charge < -0.3 is 0 Å². The van der Waals surface area contributed by atoms with Crippen molar-refractivity contribution >= 4 is 38.6 Å². The number of rotatable bonds is 3. The molecular weight excluding hydrogens is 270 g/mol. The number of aliphatic imine (C=N–C) groups is 1. The van der Waals surface area contributed by atoms with Gasteiger partial charge in [0.1, 0.15) is 0 Å². The topological polar surface area (TPSA) is 74.0 Å². The van der Waals surface area contributed by atoms with Crippen molar-refractivity contribution in [1.29, 1.82) is 0 Å². The summed E-state index contributed by atoms with van der Waals surface area (Å²) in [5.41, 5.74) is 10.8. The van der Waals surface area contributed by atoms with Gasteiger partial charge in [-0.3, -0.25) is 0 Å². The summed E-state index contributed by atoms with van der Waals surface area (Å²) >= 11 is 1.55. The average molecular weight is 279 g/mol. The number of azide groups is 1. The van der Waals surface area contributed by atoms with E-state index in [4.69, 9.17) is 5.53 Å². The van der Waals surface area contributed by atoms with E-state index < -0.39 is 0 Å². The minimum atomic E-state index is 0.588. The molecule has 0 radical (unpaired) electrons. The Hall–Kier alpha value is -2.69.